The highest BCUT2D eigenvalue weighted by molar-refractivity contribution is 7.98. The van der Waals surface area contributed by atoms with Crippen molar-refractivity contribution in [2.75, 3.05) is 0 Å². The Labute approximate surface area is 158 Å². The number of aromatic nitrogens is 4. The molecule has 0 aliphatic rings. The summed E-state index contributed by atoms with van der Waals surface area (Å²) in [5.41, 5.74) is 3.72. The standard InChI is InChI=1S/C20H14N4O2S/c1-2-6-13(7-3-1)18-22-14(11-25-18)12-27-20-24-23-19(26-20)16-10-21-17-9-5-4-8-15(16)17/h1-11,21H,12H2. The number of rotatable bonds is 5. The number of H-pyrrole nitrogens is 1. The second kappa shape index (κ2) is 6.77. The van der Waals surface area contributed by atoms with Crippen LogP contribution in [0.5, 0.6) is 0 Å². The van der Waals surface area contributed by atoms with Gasteiger partial charge < -0.3 is 13.8 Å². The second-order valence-corrected chi connectivity index (χ2v) is 6.85. The van der Waals surface area contributed by atoms with Crippen molar-refractivity contribution in [3.8, 4) is 22.9 Å². The second-order valence-electron chi connectivity index (χ2n) is 5.92. The fourth-order valence-electron chi connectivity index (χ4n) is 2.85. The number of hydrogen-bond donors (Lipinski definition) is 1. The van der Waals surface area contributed by atoms with Gasteiger partial charge in [-0.3, -0.25) is 0 Å². The number of aromatic amines is 1. The molecule has 0 fully saturated rings. The molecule has 2 aromatic carbocycles. The SMILES string of the molecule is c1ccc(-c2nc(CSc3nnc(-c4c[nH]c5ccccc45)o3)co2)cc1. The van der Waals surface area contributed by atoms with E-state index in [1.807, 2.05) is 60.8 Å². The summed E-state index contributed by atoms with van der Waals surface area (Å²) in [7, 11) is 0. The fourth-order valence-corrected chi connectivity index (χ4v) is 3.49. The monoisotopic (exact) mass is 374 g/mol. The first-order chi connectivity index (χ1) is 13.4. The molecule has 132 valence electrons. The number of benzene rings is 2. The quantitative estimate of drug-likeness (QED) is 0.428. The maximum Gasteiger partial charge on any atom is 0.277 e. The maximum atomic E-state index is 5.81. The summed E-state index contributed by atoms with van der Waals surface area (Å²) in [6.45, 7) is 0. The van der Waals surface area contributed by atoms with E-state index < -0.39 is 0 Å². The van der Waals surface area contributed by atoms with Crippen molar-refractivity contribution in [1.29, 1.82) is 0 Å². The number of oxazole rings is 1. The van der Waals surface area contributed by atoms with Crippen LogP contribution in [0.25, 0.3) is 33.8 Å². The molecule has 0 aliphatic carbocycles. The van der Waals surface area contributed by atoms with Gasteiger partial charge in [-0.1, -0.05) is 48.2 Å². The molecule has 27 heavy (non-hydrogen) atoms. The van der Waals surface area contributed by atoms with Gasteiger partial charge >= 0.3 is 0 Å². The molecule has 0 saturated heterocycles. The van der Waals surface area contributed by atoms with E-state index in [9.17, 15) is 0 Å². The first kappa shape index (κ1) is 15.9. The zero-order valence-corrected chi connectivity index (χ0v) is 14.9. The number of thioether (sulfide) groups is 1. The van der Waals surface area contributed by atoms with E-state index in [4.69, 9.17) is 8.83 Å². The molecule has 0 radical (unpaired) electrons. The maximum absolute atomic E-state index is 5.81. The van der Waals surface area contributed by atoms with Crippen LogP contribution >= 0.6 is 11.8 Å². The number of hydrogen-bond acceptors (Lipinski definition) is 6. The van der Waals surface area contributed by atoms with Crippen molar-refractivity contribution in [1.82, 2.24) is 20.2 Å². The fraction of sp³-hybridized carbons (Fsp3) is 0.0500. The third-order valence-corrected chi connectivity index (χ3v) is 4.99. The van der Waals surface area contributed by atoms with Gasteiger partial charge in [-0.2, -0.15) is 0 Å². The summed E-state index contributed by atoms with van der Waals surface area (Å²) in [5, 5.41) is 9.86. The highest BCUT2D eigenvalue weighted by Gasteiger charge is 2.14. The van der Waals surface area contributed by atoms with E-state index in [1.165, 1.54) is 11.8 Å². The van der Waals surface area contributed by atoms with Crippen molar-refractivity contribution in [2.45, 2.75) is 11.0 Å². The Bertz CT molecular complexity index is 1190. The molecule has 6 nitrogen and oxygen atoms in total. The van der Waals surface area contributed by atoms with Gasteiger partial charge in [-0.15, -0.1) is 10.2 Å². The molecule has 0 spiro atoms. The van der Waals surface area contributed by atoms with Crippen LogP contribution in [0.4, 0.5) is 0 Å². The van der Waals surface area contributed by atoms with E-state index >= 15 is 0 Å². The predicted molar refractivity (Wildman–Crippen MR) is 103 cm³/mol. The molecule has 0 bridgehead atoms. The van der Waals surface area contributed by atoms with Gasteiger partial charge in [0.15, 0.2) is 0 Å². The van der Waals surface area contributed by atoms with Crippen LogP contribution in [0, 0.1) is 0 Å². The van der Waals surface area contributed by atoms with Crippen molar-refractivity contribution in [3.05, 3.63) is 72.8 Å². The largest absolute Gasteiger partial charge is 0.444 e. The molecular formula is C20H14N4O2S. The van der Waals surface area contributed by atoms with Gasteiger partial charge in [0.1, 0.15) is 6.26 Å². The van der Waals surface area contributed by atoms with Crippen LogP contribution in [0.15, 0.2) is 81.1 Å². The average molecular weight is 374 g/mol. The molecule has 5 rings (SSSR count). The third kappa shape index (κ3) is 3.13. The first-order valence-corrected chi connectivity index (χ1v) is 9.38. The summed E-state index contributed by atoms with van der Waals surface area (Å²) in [4.78, 5) is 7.73. The van der Waals surface area contributed by atoms with E-state index in [-0.39, 0.29) is 0 Å². The number of nitrogens with one attached hydrogen (secondary N) is 1. The predicted octanol–water partition coefficient (Wildman–Crippen LogP) is 5.17. The summed E-state index contributed by atoms with van der Waals surface area (Å²) in [6.07, 6.45) is 3.54. The van der Waals surface area contributed by atoms with Gasteiger partial charge in [-0.05, 0) is 18.2 Å². The summed E-state index contributed by atoms with van der Waals surface area (Å²) < 4.78 is 11.4. The van der Waals surface area contributed by atoms with E-state index in [1.54, 1.807) is 6.26 Å². The molecular weight excluding hydrogens is 360 g/mol. The Kier molecular flexibility index (Phi) is 3.99. The Morgan fingerprint density at radius 2 is 1.78 bits per heavy atom. The Morgan fingerprint density at radius 1 is 0.926 bits per heavy atom. The minimum Gasteiger partial charge on any atom is -0.444 e. The molecule has 3 heterocycles. The molecule has 0 saturated carbocycles. The van der Waals surface area contributed by atoms with Crippen LogP contribution < -0.4 is 0 Å². The Morgan fingerprint density at radius 3 is 2.70 bits per heavy atom. The lowest BCUT2D eigenvalue weighted by atomic mass is 10.2. The van der Waals surface area contributed by atoms with Crippen LogP contribution in [-0.2, 0) is 5.75 Å². The van der Waals surface area contributed by atoms with Crippen LogP contribution in [0.3, 0.4) is 0 Å². The smallest absolute Gasteiger partial charge is 0.277 e. The molecule has 1 N–H and O–H groups in total. The lowest BCUT2D eigenvalue weighted by Crippen LogP contribution is -1.82. The van der Waals surface area contributed by atoms with Crippen molar-refractivity contribution < 1.29 is 8.83 Å². The van der Waals surface area contributed by atoms with E-state index in [0.717, 1.165) is 27.7 Å². The van der Waals surface area contributed by atoms with Gasteiger partial charge in [0.2, 0.25) is 5.89 Å². The summed E-state index contributed by atoms with van der Waals surface area (Å²) in [5.74, 6) is 1.70. The first-order valence-electron chi connectivity index (χ1n) is 8.39. The number of fused-ring (bicyclic) bond motifs is 1. The molecule has 0 aliphatic heterocycles. The van der Waals surface area contributed by atoms with Gasteiger partial charge in [-0.25, -0.2) is 4.98 Å². The Balaban J connectivity index is 1.31. The average Bonchev–Trinajstić information content (AvgIpc) is 3.46. The Hall–Kier alpha value is -3.32. The molecule has 3 aromatic heterocycles. The van der Waals surface area contributed by atoms with Gasteiger partial charge in [0.05, 0.1) is 11.3 Å². The van der Waals surface area contributed by atoms with Crippen LogP contribution in [0.2, 0.25) is 0 Å². The molecule has 0 amide bonds. The zero-order chi connectivity index (χ0) is 18.1. The van der Waals surface area contributed by atoms with Crippen LogP contribution in [-0.4, -0.2) is 20.2 Å². The molecule has 7 heteroatoms. The number of para-hydroxylation sites is 1. The minimum atomic E-state index is 0.500. The number of nitrogens with zero attached hydrogens (tertiary/aromatic N) is 3. The normalized spacial score (nSPS) is 11.3. The topological polar surface area (TPSA) is 80.7 Å². The highest BCUT2D eigenvalue weighted by atomic mass is 32.2. The van der Waals surface area contributed by atoms with Crippen molar-refractivity contribution >= 4 is 22.7 Å². The van der Waals surface area contributed by atoms with E-state index in [0.29, 0.717) is 22.8 Å². The molecule has 0 unspecified atom stereocenters. The third-order valence-electron chi connectivity index (χ3n) is 4.14. The molecule has 5 aromatic rings. The lowest BCUT2D eigenvalue weighted by molar-refractivity contribution is 0.466. The molecule has 0 atom stereocenters. The highest BCUT2D eigenvalue weighted by Crippen LogP contribution is 2.30. The van der Waals surface area contributed by atoms with E-state index in [2.05, 4.69) is 20.2 Å². The zero-order valence-electron chi connectivity index (χ0n) is 14.1. The summed E-state index contributed by atoms with van der Waals surface area (Å²) in [6, 6.07) is 17.8. The van der Waals surface area contributed by atoms with Gasteiger partial charge in [0.25, 0.3) is 11.1 Å². The van der Waals surface area contributed by atoms with Gasteiger partial charge in [0, 0.05) is 28.4 Å². The lowest BCUT2D eigenvalue weighted by Gasteiger charge is -1.93. The van der Waals surface area contributed by atoms with Crippen molar-refractivity contribution in [2.24, 2.45) is 0 Å². The van der Waals surface area contributed by atoms with Crippen LogP contribution in [0.1, 0.15) is 5.69 Å². The van der Waals surface area contributed by atoms with Crippen molar-refractivity contribution in [3.63, 3.8) is 0 Å². The summed E-state index contributed by atoms with van der Waals surface area (Å²) >= 11 is 1.43. The minimum absolute atomic E-state index is 0.500.